The average molecular weight is 343 g/mol. The van der Waals surface area contributed by atoms with E-state index in [1.807, 2.05) is 31.2 Å². The Kier molecular flexibility index (Phi) is 4.86. The van der Waals surface area contributed by atoms with E-state index in [2.05, 4.69) is 10.6 Å². The smallest absolute Gasteiger partial charge is 0.253 e. The van der Waals surface area contributed by atoms with Crippen molar-refractivity contribution in [3.05, 3.63) is 64.2 Å². The summed E-state index contributed by atoms with van der Waals surface area (Å²) in [6, 6.07) is 13.0. The van der Waals surface area contributed by atoms with E-state index in [4.69, 9.17) is 11.6 Å². The first-order chi connectivity index (χ1) is 11.5. The largest absolute Gasteiger partial charge is 0.349 e. The molecule has 0 heterocycles. The van der Waals surface area contributed by atoms with Gasteiger partial charge in [-0.25, -0.2) is 0 Å². The first-order valence-corrected chi connectivity index (χ1v) is 8.35. The fourth-order valence-electron chi connectivity index (χ4n) is 2.36. The van der Waals surface area contributed by atoms with Gasteiger partial charge in [-0.05, 0) is 43.5 Å². The van der Waals surface area contributed by atoms with Gasteiger partial charge in [0.25, 0.3) is 5.91 Å². The number of carbonyl (C=O) groups excluding carboxylic acids is 2. The summed E-state index contributed by atoms with van der Waals surface area (Å²) >= 11 is 6.10. The van der Waals surface area contributed by atoms with Crippen molar-refractivity contribution in [2.24, 2.45) is 0 Å². The van der Waals surface area contributed by atoms with Crippen molar-refractivity contribution >= 4 is 29.1 Å². The maximum Gasteiger partial charge on any atom is 0.253 e. The number of nitrogens with one attached hydrogen (secondary N) is 2. The first-order valence-electron chi connectivity index (χ1n) is 7.97. The highest BCUT2D eigenvalue weighted by molar-refractivity contribution is 6.34. The van der Waals surface area contributed by atoms with Crippen molar-refractivity contribution < 1.29 is 9.59 Å². The molecule has 0 aromatic heterocycles. The molecule has 2 aromatic rings. The van der Waals surface area contributed by atoms with Crippen LogP contribution >= 0.6 is 11.6 Å². The Bertz CT molecular complexity index is 767. The molecular weight excluding hydrogens is 324 g/mol. The highest BCUT2D eigenvalue weighted by Gasteiger charge is 2.24. The van der Waals surface area contributed by atoms with Crippen molar-refractivity contribution in [1.82, 2.24) is 5.32 Å². The predicted octanol–water partition coefficient (Wildman–Crippen LogP) is 3.72. The van der Waals surface area contributed by atoms with Gasteiger partial charge >= 0.3 is 0 Å². The summed E-state index contributed by atoms with van der Waals surface area (Å²) in [5.41, 5.74) is 3.05. The Hall–Kier alpha value is -2.33. The number of hydrogen-bond donors (Lipinski definition) is 2. The third-order valence-electron chi connectivity index (χ3n) is 3.89. The van der Waals surface area contributed by atoms with Gasteiger partial charge in [-0.3, -0.25) is 9.59 Å². The molecule has 2 N–H and O–H groups in total. The quantitative estimate of drug-likeness (QED) is 0.870. The molecule has 0 spiro atoms. The minimum atomic E-state index is -0.197. The van der Waals surface area contributed by atoms with Crippen molar-refractivity contribution in [3.63, 3.8) is 0 Å². The number of carbonyl (C=O) groups is 2. The van der Waals surface area contributed by atoms with Crippen LogP contribution in [0.5, 0.6) is 0 Å². The summed E-state index contributed by atoms with van der Waals surface area (Å²) in [5, 5.41) is 6.10. The summed E-state index contributed by atoms with van der Waals surface area (Å²) in [6.07, 6.45) is 2.30. The highest BCUT2D eigenvalue weighted by atomic mass is 35.5. The first kappa shape index (κ1) is 16.5. The number of hydrogen-bond acceptors (Lipinski definition) is 2. The van der Waals surface area contributed by atoms with Crippen LogP contribution in [0.2, 0.25) is 5.02 Å². The molecule has 1 saturated carbocycles. The lowest BCUT2D eigenvalue weighted by Crippen LogP contribution is -2.26. The van der Waals surface area contributed by atoms with Crippen LogP contribution in [0.4, 0.5) is 5.69 Å². The van der Waals surface area contributed by atoms with Gasteiger partial charge in [0.15, 0.2) is 0 Å². The Morgan fingerprint density at radius 3 is 2.50 bits per heavy atom. The van der Waals surface area contributed by atoms with Crippen LogP contribution in [0.1, 0.15) is 34.3 Å². The Balaban J connectivity index is 1.66. The van der Waals surface area contributed by atoms with Crippen molar-refractivity contribution in [2.45, 2.75) is 32.2 Å². The van der Waals surface area contributed by atoms with Crippen LogP contribution in [0.25, 0.3) is 0 Å². The van der Waals surface area contributed by atoms with E-state index < -0.39 is 0 Å². The molecule has 4 nitrogen and oxygen atoms in total. The standard InChI is InChI=1S/C19H19ClN2O2/c1-12-2-4-13(5-3-12)10-18(23)21-15-8-9-17(20)16(11-15)19(24)22-14-6-7-14/h2-5,8-9,11,14H,6-7,10H2,1H3,(H,21,23)(H,22,24). The number of anilines is 1. The fraction of sp³-hybridized carbons (Fsp3) is 0.263. The lowest BCUT2D eigenvalue weighted by molar-refractivity contribution is -0.115. The third-order valence-corrected chi connectivity index (χ3v) is 4.22. The van der Waals surface area contributed by atoms with Gasteiger partial charge in [-0.15, -0.1) is 0 Å². The van der Waals surface area contributed by atoms with Gasteiger partial charge in [0.1, 0.15) is 0 Å². The molecule has 2 amide bonds. The summed E-state index contributed by atoms with van der Waals surface area (Å²) < 4.78 is 0. The summed E-state index contributed by atoms with van der Waals surface area (Å²) in [4.78, 5) is 24.3. The number of aryl methyl sites for hydroxylation is 1. The lowest BCUT2D eigenvalue weighted by Gasteiger charge is -2.10. The average Bonchev–Trinajstić information content (AvgIpc) is 3.35. The number of benzene rings is 2. The maximum absolute atomic E-state index is 12.2. The van der Waals surface area contributed by atoms with Crippen molar-refractivity contribution in [1.29, 1.82) is 0 Å². The van der Waals surface area contributed by atoms with Crippen LogP contribution < -0.4 is 10.6 Å². The minimum Gasteiger partial charge on any atom is -0.349 e. The van der Waals surface area contributed by atoms with Gasteiger partial charge < -0.3 is 10.6 Å². The van der Waals surface area contributed by atoms with E-state index in [0.29, 0.717) is 16.3 Å². The zero-order valence-corrected chi connectivity index (χ0v) is 14.2. The van der Waals surface area contributed by atoms with Crippen molar-refractivity contribution in [3.8, 4) is 0 Å². The molecule has 5 heteroatoms. The minimum absolute atomic E-state index is 0.130. The van der Waals surface area contributed by atoms with Gasteiger partial charge in [0, 0.05) is 11.7 Å². The molecule has 2 aromatic carbocycles. The molecule has 1 aliphatic rings. The monoisotopic (exact) mass is 342 g/mol. The molecule has 0 saturated heterocycles. The summed E-state index contributed by atoms with van der Waals surface area (Å²) in [5.74, 6) is -0.327. The zero-order valence-electron chi connectivity index (χ0n) is 13.4. The molecule has 0 radical (unpaired) electrons. The second-order valence-corrected chi connectivity index (χ2v) is 6.56. The number of amides is 2. The molecule has 0 aliphatic heterocycles. The number of rotatable bonds is 5. The lowest BCUT2D eigenvalue weighted by atomic mass is 10.1. The summed E-state index contributed by atoms with van der Waals surface area (Å²) in [6.45, 7) is 2.01. The fourth-order valence-corrected chi connectivity index (χ4v) is 2.57. The third kappa shape index (κ3) is 4.36. The topological polar surface area (TPSA) is 58.2 Å². The Morgan fingerprint density at radius 1 is 1.12 bits per heavy atom. The van der Waals surface area contributed by atoms with Gasteiger partial charge in [-0.1, -0.05) is 41.4 Å². The molecule has 24 heavy (non-hydrogen) atoms. The normalized spacial score (nSPS) is 13.4. The van der Waals surface area contributed by atoms with Crippen molar-refractivity contribution in [2.75, 3.05) is 5.32 Å². The molecule has 0 atom stereocenters. The van der Waals surface area contributed by atoms with Crippen LogP contribution in [0.15, 0.2) is 42.5 Å². The van der Waals surface area contributed by atoms with Crippen LogP contribution in [0, 0.1) is 6.92 Å². The van der Waals surface area contributed by atoms with Gasteiger partial charge in [-0.2, -0.15) is 0 Å². The molecule has 124 valence electrons. The highest BCUT2D eigenvalue weighted by Crippen LogP contribution is 2.24. The van der Waals surface area contributed by atoms with Gasteiger partial charge in [0.05, 0.1) is 17.0 Å². The van der Waals surface area contributed by atoms with Gasteiger partial charge in [0.2, 0.25) is 5.91 Å². The second kappa shape index (κ2) is 7.05. The summed E-state index contributed by atoms with van der Waals surface area (Å²) in [7, 11) is 0. The van der Waals surface area contributed by atoms with Crippen LogP contribution in [-0.4, -0.2) is 17.9 Å². The van der Waals surface area contributed by atoms with E-state index >= 15 is 0 Å². The zero-order chi connectivity index (χ0) is 17.1. The Morgan fingerprint density at radius 2 is 1.83 bits per heavy atom. The van der Waals surface area contributed by atoms with E-state index in [1.54, 1.807) is 18.2 Å². The Labute approximate surface area is 146 Å². The number of halogens is 1. The van der Waals surface area contributed by atoms with Crippen LogP contribution in [0.3, 0.4) is 0 Å². The van der Waals surface area contributed by atoms with E-state index in [-0.39, 0.29) is 24.3 Å². The predicted molar refractivity (Wildman–Crippen MR) is 95.5 cm³/mol. The molecule has 0 bridgehead atoms. The van der Waals surface area contributed by atoms with E-state index in [0.717, 1.165) is 24.0 Å². The molecular formula is C19H19ClN2O2. The molecule has 1 aliphatic carbocycles. The second-order valence-electron chi connectivity index (χ2n) is 6.15. The molecule has 3 rings (SSSR count). The van der Waals surface area contributed by atoms with Crippen LogP contribution in [-0.2, 0) is 11.2 Å². The van der Waals surface area contributed by atoms with E-state index in [1.165, 1.54) is 0 Å². The maximum atomic E-state index is 12.2. The SMILES string of the molecule is Cc1ccc(CC(=O)Nc2ccc(Cl)c(C(=O)NC3CC3)c2)cc1. The van der Waals surface area contributed by atoms with E-state index in [9.17, 15) is 9.59 Å². The molecule has 0 unspecified atom stereocenters. The molecule has 1 fully saturated rings.